The lowest BCUT2D eigenvalue weighted by Crippen LogP contribution is -2.38. The molecule has 5 nitrogen and oxygen atoms in total. The van der Waals surface area contributed by atoms with E-state index < -0.39 is 11.8 Å². The van der Waals surface area contributed by atoms with Crippen LogP contribution in [0.4, 0.5) is 14.5 Å². The highest BCUT2D eigenvalue weighted by Crippen LogP contribution is 2.49. The molecular weight excluding hydrogens is 382 g/mol. The van der Waals surface area contributed by atoms with E-state index in [1.54, 1.807) is 37.6 Å². The molecule has 2 aromatic heterocycles. The Balaban J connectivity index is 1.91. The van der Waals surface area contributed by atoms with Gasteiger partial charge in [-0.25, -0.2) is 13.5 Å². The smallest absolute Gasteiger partial charge is 0.253 e. The molecule has 2 atom stereocenters. The minimum Gasteiger partial charge on any atom is -0.307 e. The Bertz CT molecular complexity index is 786. The summed E-state index contributed by atoms with van der Waals surface area (Å²) in [6.07, 6.45) is 6.51. The third-order valence-corrected chi connectivity index (χ3v) is 5.42. The van der Waals surface area contributed by atoms with E-state index in [0.717, 1.165) is 0 Å². The third kappa shape index (κ3) is 4.01. The highest BCUT2D eigenvalue weighted by Gasteiger charge is 2.57. The van der Waals surface area contributed by atoms with Gasteiger partial charge < -0.3 is 4.90 Å². The molecule has 1 amide bonds. The first kappa shape index (κ1) is 19.1. The Kier molecular flexibility index (Phi) is 5.53. The van der Waals surface area contributed by atoms with Gasteiger partial charge in [-0.1, -0.05) is 18.5 Å². The molecule has 0 aliphatic heterocycles. The molecule has 1 aliphatic carbocycles. The highest BCUT2D eigenvalue weighted by molar-refractivity contribution is 7.98. The Morgan fingerprint density at radius 2 is 2.31 bits per heavy atom. The van der Waals surface area contributed by atoms with Crippen LogP contribution in [-0.4, -0.2) is 45.1 Å². The summed E-state index contributed by atoms with van der Waals surface area (Å²) >= 11 is 7.78. The predicted molar refractivity (Wildman–Crippen MR) is 99.3 cm³/mol. The molecule has 0 radical (unpaired) electrons. The largest absolute Gasteiger partial charge is 0.307 e. The van der Waals surface area contributed by atoms with E-state index in [0.29, 0.717) is 17.1 Å². The van der Waals surface area contributed by atoms with Gasteiger partial charge in [-0.3, -0.25) is 9.78 Å². The van der Waals surface area contributed by atoms with Gasteiger partial charge in [-0.2, -0.15) is 16.9 Å². The van der Waals surface area contributed by atoms with Crippen molar-refractivity contribution in [3.8, 4) is 5.69 Å². The van der Waals surface area contributed by atoms with E-state index >= 15 is 0 Å². The zero-order valence-corrected chi connectivity index (χ0v) is 16.0. The van der Waals surface area contributed by atoms with Crippen molar-refractivity contribution < 1.29 is 13.6 Å². The fraction of sp³-hybridized carbons (Fsp3) is 0.471. The Labute approximate surface area is 159 Å². The molecule has 9 heteroatoms. The summed E-state index contributed by atoms with van der Waals surface area (Å²) in [6, 6.07) is 3.54. The predicted octanol–water partition coefficient (Wildman–Crippen LogP) is 3.91. The van der Waals surface area contributed by atoms with Gasteiger partial charge in [0.15, 0.2) is 5.15 Å². The lowest BCUT2D eigenvalue weighted by atomic mass is 10.1. The van der Waals surface area contributed by atoms with E-state index in [2.05, 4.69) is 10.1 Å². The van der Waals surface area contributed by atoms with E-state index in [1.165, 1.54) is 21.3 Å². The van der Waals surface area contributed by atoms with Crippen LogP contribution >= 0.6 is 23.4 Å². The van der Waals surface area contributed by atoms with E-state index in [9.17, 15) is 13.6 Å². The molecule has 0 spiro atoms. The normalized spacial score (nSPS) is 19.2. The monoisotopic (exact) mass is 400 g/mol. The van der Waals surface area contributed by atoms with Crippen molar-refractivity contribution in [2.45, 2.75) is 19.3 Å². The average molecular weight is 401 g/mol. The van der Waals surface area contributed by atoms with Gasteiger partial charge in [-0.15, -0.1) is 0 Å². The number of halogens is 3. The van der Waals surface area contributed by atoms with Gasteiger partial charge in [0.2, 0.25) is 5.91 Å². The number of hydrogen-bond acceptors (Lipinski definition) is 4. The Morgan fingerprint density at radius 3 is 2.88 bits per heavy atom. The van der Waals surface area contributed by atoms with Crippen LogP contribution in [0, 0.1) is 11.8 Å². The van der Waals surface area contributed by atoms with Gasteiger partial charge in [0.05, 0.1) is 18.1 Å². The maximum atomic E-state index is 13.5. The van der Waals surface area contributed by atoms with Crippen LogP contribution in [0.2, 0.25) is 5.15 Å². The summed E-state index contributed by atoms with van der Waals surface area (Å²) in [5, 5.41) is 4.31. The molecule has 0 saturated heterocycles. The van der Waals surface area contributed by atoms with Gasteiger partial charge in [0, 0.05) is 36.8 Å². The molecule has 26 heavy (non-hydrogen) atoms. The van der Waals surface area contributed by atoms with Crippen molar-refractivity contribution in [1.29, 1.82) is 0 Å². The number of nitrogens with zero attached hydrogens (tertiary/aromatic N) is 4. The van der Waals surface area contributed by atoms with Crippen molar-refractivity contribution in [2.75, 3.05) is 23.5 Å². The molecule has 1 saturated carbocycles. The summed E-state index contributed by atoms with van der Waals surface area (Å²) in [5.41, 5.74) is 1.01. The van der Waals surface area contributed by atoms with Crippen LogP contribution < -0.4 is 4.90 Å². The lowest BCUT2D eigenvalue weighted by Gasteiger charge is -2.24. The first-order valence-electron chi connectivity index (χ1n) is 8.17. The Hall–Kier alpha value is -1.67. The van der Waals surface area contributed by atoms with E-state index in [-0.39, 0.29) is 29.9 Å². The molecule has 0 bridgehead atoms. The van der Waals surface area contributed by atoms with Crippen molar-refractivity contribution in [3.63, 3.8) is 0 Å². The van der Waals surface area contributed by atoms with Crippen molar-refractivity contribution >= 4 is 35.0 Å². The molecule has 1 aliphatic rings. The zero-order valence-electron chi connectivity index (χ0n) is 14.4. The second kappa shape index (κ2) is 7.52. The van der Waals surface area contributed by atoms with E-state index in [1.807, 2.05) is 6.26 Å². The van der Waals surface area contributed by atoms with Gasteiger partial charge in [-0.05, 0) is 18.4 Å². The number of rotatable bonds is 7. The van der Waals surface area contributed by atoms with Crippen LogP contribution in [0.1, 0.15) is 13.3 Å². The fourth-order valence-corrected chi connectivity index (χ4v) is 3.60. The summed E-state index contributed by atoms with van der Waals surface area (Å²) in [5.74, 6) is -3.49. The number of amides is 1. The number of alkyl halides is 2. The number of pyridine rings is 1. The Morgan fingerprint density at radius 1 is 1.58 bits per heavy atom. The lowest BCUT2D eigenvalue weighted by molar-refractivity contribution is -0.121. The maximum Gasteiger partial charge on any atom is 0.253 e. The summed E-state index contributed by atoms with van der Waals surface area (Å²) in [6.45, 7) is 1.72. The van der Waals surface area contributed by atoms with E-state index in [4.69, 9.17) is 11.6 Å². The topological polar surface area (TPSA) is 51.0 Å². The molecule has 2 unspecified atom stereocenters. The van der Waals surface area contributed by atoms with Crippen LogP contribution in [-0.2, 0) is 4.79 Å². The van der Waals surface area contributed by atoms with Crippen LogP contribution in [0.3, 0.4) is 0 Å². The third-order valence-electron chi connectivity index (χ3n) is 4.32. The van der Waals surface area contributed by atoms with Gasteiger partial charge >= 0.3 is 0 Å². The SMILES string of the molecule is CSCC(C)C(=O)N(CC1CC1(F)F)c1cn(-c2cccnc2)nc1Cl. The second-order valence-corrected chi connectivity index (χ2v) is 7.70. The van der Waals surface area contributed by atoms with Crippen LogP contribution in [0.15, 0.2) is 30.7 Å². The molecule has 1 fully saturated rings. The fourth-order valence-electron chi connectivity index (χ4n) is 2.73. The summed E-state index contributed by atoms with van der Waals surface area (Å²) in [7, 11) is 0. The number of carbonyl (C=O) groups excluding carboxylic acids is 1. The average Bonchev–Trinajstić information content (AvgIpc) is 3.03. The number of hydrogen-bond donors (Lipinski definition) is 0. The summed E-state index contributed by atoms with van der Waals surface area (Å²) in [4.78, 5) is 18.2. The van der Waals surface area contributed by atoms with Crippen LogP contribution in [0.5, 0.6) is 0 Å². The first-order valence-corrected chi connectivity index (χ1v) is 9.94. The second-order valence-electron chi connectivity index (χ2n) is 6.43. The first-order chi connectivity index (χ1) is 12.3. The number of aromatic nitrogens is 3. The molecule has 3 rings (SSSR count). The molecule has 140 valence electrons. The number of anilines is 1. The van der Waals surface area contributed by atoms with Crippen molar-refractivity contribution in [1.82, 2.24) is 14.8 Å². The molecule has 2 heterocycles. The van der Waals surface area contributed by atoms with Crippen molar-refractivity contribution in [2.24, 2.45) is 11.8 Å². The minimum atomic E-state index is -2.72. The minimum absolute atomic E-state index is 0.0665. The molecule has 0 N–H and O–H groups in total. The molecule has 0 aromatic carbocycles. The molecular formula is C17H19ClF2N4OS. The summed E-state index contributed by atoms with van der Waals surface area (Å²) < 4.78 is 28.4. The number of carbonyl (C=O) groups is 1. The van der Waals surface area contributed by atoms with Crippen LogP contribution in [0.25, 0.3) is 5.69 Å². The highest BCUT2D eigenvalue weighted by atomic mass is 35.5. The molecule has 2 aromatic rings. The number of thioether (sulfide) groups is 1. The maximum absolute atomic E-state index is 13.5. The zero-order chi connectivity index (χ0) is 18.9. The van der Waals surface area contributed by atoms with Crippen molar-refractivity contribution in [3.05, 3.63) is 35.9 Å². The standard InChI is InChI=1S/C17H19ClF2N4OS/c1-11(10-26-2)16(25)23(8-12-6-17(12,19)20)14-9-24(22-15(14)18)13-4-3-5-21-7-13/h3-5,7,9,11-12H,6,8,10H2,1-2H3. The van der Waals surface area contributed by atoms with Gasteiger partial charge in [0.1, 0.15) is 5.69 Å². The quantitative estimate of drug-likeness (QED) is 0.707. The van der Waals surface area contributed by atoms with Gasteiger partial charge in [0.25, 0.3) is 5.92 Å².